The van der Waals surface area contributed by atoms with Gasteiger partial charge in [-0.2, -0.15) is 13.2 Å². The molecule has 3 N–H and O–H groups in total. The highest BCUT2D eigenvalue weighted by molar-refractivity contribution is 5.32. The molecule has 1 aliphatic carbocycles. The molecule has 3 nitrogen and oxygen atoms in total. The molecule has 0 heterocycles. The summed E-state index contributed by atoms with van der Waals surface area (Å²) in [6, 6.07) is -0.0113. The summed E-state index contributed by atoms with van der Waals surface area (Å²) in [5.74, 6) is -0.559. The number of aliphatic imine (C=N–C) groups is 1. The first kappa shape index (κ1) is 19.0. The van der Waals surface area contributed by atoms with Gasteiger partial charge < -0.3 is 11.1 Å². The summed E-state index contributed by atoms with van der Waals surface area (Å²) in [6.45, 7) is 10.2. The Kier molecular flexibility index (Phi) is 6.91. The molecule has 0 radical (unpaired) electrons. The third kappa shape index (κ3) is 5.30. The number of allylic oxidation sites excluding steroid dienone is 1. The van der Waals surface area contributed by atoms with Crippen molar-refractivity contribution in [2.45, 2.75) is 58.7 Å². The van der Waals surface area contributed by atoms with Gasteiger partial charge in [-0.25, -0.2) is 0 Å². The van der Waals surface area contributed by atoms with Crippen LogP contribution in [0.3, 0.4) is 0 Å². The zero-order chi connectivity index (χ0) is 16.9. The molecule has 6 heteroatoms. The van der Waals surface area contributed by atoms with Crippen molar-refractivity contribution in [2.24, 2.45) is 28.5 Å². The molecule has 1 rings (SSSR count). The van der Waals surface area contributed by atoms with Gasteiger partial charge in [0.05, 0.1) is 17.7 Å². The molecule has 0 aromatic heterocycles. The van der Waals surface area contributed by atoms with Crippen LogP contribution in [0.1, 0.15) is 46.5 Å². The van der Waals surface area contributed by atoms with Crippen LogP contribution in [-0.2, 0) is 0 Å². The van der Waals surface area contributed by atoms with Crippen molar-refractivity contribution >= 4 is 6.72 Å². The summed E-state index contributed by atoms with van der Waals surface area (Å²) in [5, 5.41) is 3.42. The summed E-state index contributed by atoms with van der Waals surface area (Å²) in [4.78, 5) is 4.01. The van der Waals surface area contributed by atoms with Crippen LogP contribution in [0.25, 0.3) is 0 Å². The Balaban J connectivity index is 2.55. The van der Waals surface area contributed by atoms with E-state index in [9.17, 15) is 13.2 Å². The number of rotatable bonds is 6. The maximum Gasteiger partial charge on any atom is 0.391 e. The van der Waals surface area contributed by atoms with E-state index in [0.717, 1.165) is 5.70 Å². The lowest BCUT2D eigenvalue weighted by Crippen LogP contribution is -2.40. The van der Waals surface area contributed by atoms with Gasteiger partial charge in [0.25, 0.3) is 0 Å². The maximum atomic E-state index is 12.7. The fourth-order valence-corrected chi connectivity index (χ4v) is 3.10. The second kappa shape index (κ2) is 7.99. The summed E-state index contributed by atoms with van der Waals surface area (Å²) >= 11 is 0. The number of halogens is 3. The van der Waals surface area contributed by atoms with E-state index in [1.54, 1.807) is 6.92 Å². The third-order valence-electron chi connectivity index (χ3n) is 4.47. The summed E-state index contributed by atoms with van der Waals surface area (Å²) in [6.07, 6.45) is -2.34. The van der Waals surface area contributed by atoms with Crippen molar-refractivity contribution in [3.63, 3.8) is 0 Å². The summed E-state index contributed by atoms with van der Waals surface area (Å²) in [7, 11) is 0. The summed E-state index contributed by atoms with van der Waals surface area (Å²) < 4.78 is 38.0. The van der Waals surface area contributed by atoms with Gasteiger partial charge in [-0.1, -0.05) is 13.8 Å². The molecule has 0 spiro atoms. The molecule has 0 unspecified atom stereocenters. The van der Waals surface area contributed by atoms with Gasteiger partial charge >= 0.3 is 6.18 Å². The molecule has 1 aliphatic rings. The fraction of sp³-hybridized carbons (Fsp3) is 0.812. The first-order valence-corrected chi connectivity index (χ1v) is 7.89. The molecular formula is C16H28F3N3. The number of nitrogens with two attached hydrogens (primary N) is 1. The van der Waals surface area contributed by atoms with Crippen LogP contribution in [0.2, 0.25) is 0 Å². The van der Waals surface area contributed by atoms with Crippen molar-refractivity contribution in [1.29, 1.82) is 0 Å². The van der Waals surface area contributed by atoms with E-state index in [1.165, 1.54) is 0 Å². The van der Waals surface area contributed by atoms with Gasteiger partial charge in [0.2, 0.25) is 0 Å². The number of hydrogen-bond donors (Lipinski definition) is 2. The van der Waals surface area contributed by atoms with E-state index in [0.29, 0.717) is 25.1 Å². The minimum absolute atomic E-state index is 0.0113. The van der Waals surface area contributed by atoms with Gasteiger partial charge in [0, 0.05) is 5.70 Å². The van der Waals surface area contributed by atoms with Gasteiger partial charge in [-0.15, -0.1) is 0 Å². The Hall–Kier alpha value is -1.04. The maximum absolute atomic E-state index is 12.7. The lowest BCUT2D eigenvalue weighted by molar-refractivity contribution is -0.183. The molecule has 0 bridgehead atoms. The van der Waals surface area contributed by atoms with Gasteiger partial charge in [0.1, 0.15) is 0 Å². The minimum atomic E-state index is -4.04. The van der Waals surface area contributed by atoms with Crippen molar-refractivity contribution < 1.29 is 13.2 Å². The Morgan fingerprint density at radius 1 is 1.27 bits per heavy atom. The number of nitrogens with one attached hydrogen (secondary N) is 1. The number of nitrogens with zero attached hydrogens (tertiary/aromatic N) is 1. The second-order valence-electron chi connectivity index (χ2n) is 6.62. The van der Waals surface area contributed by atoms with E-state index < -0.39 is 12.1 Å². The lowest BCUT2D eigenvalue weighted by atomic mass is 9.81. The molecular weight excluding hydrogens is 291 g/mol. The van der Waals surface area contributed by atoms with Crippen LogP contribution in [0, 0.1) is 17.8 Å². The Labute approximate surface area is 131 Å². The van der Waals surface area contributed by atoms with E-state index >= 15 is 0 Å². The molecule has 1 atom stereocenters. The molecule has 1 saturated carbocycles. The van der Waals surface area contributed by atoms with Crippen LogP contribution in [0.15, 0.2) is 16.4 Å². The average molecular weight is 319 g/mol. The first-order chi connectivity index (χ1) is 10.2. The standard InChI is InChI=1S/C16H28F3N3/c1-10(2)14(15(21-4)11(3)20)22-9-12-5-7-13(8-6-12)16(17,18)19/h10,12-14,22H,4-9,20H2,1-3H3/b15-11-/t12?,13?,14-/m0/s1. The van der Waals surface area contributed by atoms with Gasteiger partial charge in [-0.3, -0.25) is 4.99 Å². The van der Waals surface area contributed by atoms with Crippen molar-refractivity contribution in [1.82, 2.24) is 5.32 Å². The Morgan fingerprint density at radius 3 is 2.18 bits per heavy atom. The monoisotopic (exact) mass is 319 g/mol. The molecule has 0 amide bonds. The number of alkyl halides is 3. The largest absolute Gasteiger partial charge is 0.401 e. The van der Waals surface area contributed by atoms with E-state index in [-0.39, 0.29) is 30.7 Å². The molecule has 128 valence electrons. The zero-order valence-corrected chi connectivity index (χ0v) is 13.7. The molecule has 22 heavy (non-hydrogen) atoms. The third-order valence-corrected chi connectivity index (χ3v) is 4.47. The van der Waals surface area contributed by atoms with Crippen LogP contribution in [0.4, 0.5) is 13.2 Å². The van der Waals surface area contributed by atoms with E-state index in [2.05, 4.69) is 30.9 Å². The first-order valence-electron chi connectivity index (χ1n) is 7.89. The fourth-order valence-electron chi connectivity index (χ4n) is 3.10. The SMILES string of the molecule is C=N/C(=C(/C)N)[C@@H](NCC1CCC(C(F)(F)F)CC1)C(C)C. The van der Waals surface area contributed by atoms with Crippen molar-refractivity contribution in [2.75, 3.05) is 6.54 Å². The van der Waals surface area contributed by atoms with Crippen LogP contribution in [-0.4, -0.2) is 25.5 Å². The van der Waals surface area contributed by atoms with E-state index in [4.69, 9.17) is 5.73 Å². The Bertz CT molecular complexity index is 390. The average Bonchev–Trinajstić information content (AvgIpc) is 2.42. The Morgan fingerprint density at radius 2 is 1.82 bits per heavy atom. The summed E-state index contributed by atoms with van der Waals surface area (Å²) in [5.41, 5.74) is 7.20. The quantitative estimate of drug-likeness (QED) is 0.730. The predicted octanol–water partition coefficient (Wildman–Crippen LogP) is 3.86. The van der Waals surface area contributed by atoms with Crippen LogP contribution in [0.5, 0.6) is 0 Å². The minimum Gasteiger partial charge on any atom is -0.401 e. The second-order valence-corrected chi connectivity index (χ2v) is 6.62. The predicted molar refractivity (Wildman–Crippen MR) is 84.6 cm³/mol. The van der Waals surface area contributed by atoms with Gasteiger partial charge in [-0.05, 0) is 57.7 Å². The molecule has 1 fully saturated rings. The normalized spacial score (nSPS) is 25.8. The van der Waals surface area contributed by atoms with Gasteiger partial charge in [0.15, 0.2) is 0 Å². The topological polar surface area (TPSA) is 50.4 Å². The number of hydrogen-bond acceptors (Lipinski definition) is 3. The smallest absolute Gasteiger partial charge is 0.391 e. The zero-order valence-electron chi connectivity index (χ0n) is 13.7. The highest BCUT2D eigenvalue weighted by Gasteiger charge is 2.41. The molecule has 0 aromatic carbocycles. The molecule has 0 saturated heterocycles. The highest BCUT2D eigenvalue weighted by atomic mass is 19.4. The molecule has 0 aliphatic heterocycles. The van der Waals surface area contributed by atoms with Crippen LogP contribution >= 0.6 is 0 Å². The van der Waals surface area contributed by atoms with Crippen molar-refractivity contribution in [3.05, 3.63) is 11.4 Å². The van der Waals surface area contributed by atoms with Crippen molar-refractivity contribution in [3.8, 4) is 0 Å². The molecule has 0 aromatic rings. The lowest BCUT2D eigenvalue weighted by Gasteiger charge is -2.32. The van der Waals surface area contributed by atoms with Crippen LogP contribution < -0.4 is 11.1 Å². The van der Waals surface area contributed by atoms with E-state index in [1.807, 2.05) is 0 Å². The highest BCUT2D eigenvalue weighted by Crippen LogP contribution is 2.39.